The Morgan fingerprint density at radius 1 is 1.55 bits per heavy atom. The molecule has 2 N–H and O–H groups in total. The molecule has 1 heterocycles. The summed E-state index contributed by atoms with van der Waals surface area (Å²) in [5.41, 5.74) is 0.534. The molecular weight excluding hydrogens is 276 g/mol. The van der Waals surface area contributed by atoms with Crippen molar-refractivity contribution in [3.63, 3.8) is 0 Å². The monoisotopic (exact) mass is 296 g/mol. The molecular formula is C15H21ClN2O2. The smallest absolute Gasteiger partial charge is 0.254 e. The Balaban J connectivity index is 2.18. The van der Waals surface area contributed by atoms with E-state index in [1.807, 2.05) is 4.90 Å². The normalized spacial score (nSPS) is 18.8. The average molecular weight is 297 g/mol. The van der Waals surface area contributed by atoms with Crippen LogP contribution in [0.15, 0.2) is 18.2 Å². The number of hydrogen-bond acceptors (Lipinski definition) is 3. The summed E-state index contributed by atoms with van der Waals surface area (Å²) in [5.74, 6) is -0.00737. The number of benzene rings is 1. The van der Waals surface area contributed by atoms with Gasteiger partial charge in [0.2, 0.25) is 0 Å². The Morgan fingerprint density at radius 3 is 2.95 bits per heavy atom. The number of phenolic OH excluding ortho intramolecular Hbond substituents is 1. The molecule has 5 heteroatoms. The first-order chi connectivity index (χ1) is 9.63. The van der Waals surface area contributed by atoms with Crippen LogP contribution in [-0.4, -0.2) is 41.6 Å². The summed E-state index contributed by atoms with van der Waals surface area (Å²) < 4.78 is 0. The van der Waals surface area contributed by atoms with Crippen LogP contribution < -0.4 is 5.32 Å². The maximum Gasteiger partial charge on any atom is 0.254 e. The second kappa shape index (κ2) is 6.95. The SMILES string of the molecule is CCCN(C(=O)c1ccc(O)c(Cl)c1)C1CCCNC1. The maximum atomic E-state index is 12.7. The summed E-state index contributed by atoms with van der Waals surface area (Å²) in [6.45, 7) is 4.68. The molecule has 0 saturated carbocycles. The van der Waals surface area contributed by atoms with Gasteiger partial charge in [-0.3, -0.25) is 4.79 Å². The fraction of sp³-hybridized carbons (Fsp3) is 0.533. The highest BCUT2D eigenvalue weighted by Gasteiger charge is 2.25. The Labute approximate surface area is 124 Å². The lowest BCUT2D eigenvalue weighted by molar-refractivity contribution is 0.0649. The van der Waals surface area contributed by atoms with Gasteiger partial charge >= 0.3 is 0 Å². The van der Waals surface area contributed by atoms with Gasteiger partial charge in [-0.1, -0.05) is 18.5 Å². The zero-order valence-electron chi connectivity index (χ0n) is 11.7. The van der Waals surface area contributed by atoms with Crippen molar-refractivity contribution in [3.05, 3.63) is 28.8 Å². The lowest BCUT2D eigenvalue weighted by atomic mass is 10.0. The molecule has 1 atom stereocenters. The van der Waals surface area contributed by atoms with Crippen LogP contribution >= 0.6 is 11.6 Å². The second-order valence-corrected chi connectivity index (χ2v) is 5.57. The number of rotatable bonds is 4. The number of nitrogens with zero attached hydrogens (tertiary/aromatic N) is 1. The van der Waals surface area contributed by atoms with E-state index in [-0.39, 0.29) is 22.7 Å². The number of piperidine rings is 1. The first-order valence-corrected chi connectivity index (χ1v) is 7.51. The predicted molar refractivity (Wildman–Crippen MR) is 80.3 cm³/mol. The number of phenols is 1. The van der Waals surface area contributed by atoms with Crippen molar-refractivity contribution in [3.8, 4) is 5.75 Å². The molecule has 4 nitrogen and oxygen atoms in total. The third kappa shape index (κ3) is 3.44. The standard InChI is InChI=1S/C15H21ClN2O2/c1-2-8-18(12-4-3-7-17-10-12)15(20)11-5-6-14(19)13(16)9-11/h5-6,9,12,17,19H,2-4,7-8,10H2,1H3. The Hall–Kier alpha value is -1.26. The molecule has 1 amide bonds. The number of nitrogens with one attached hydrogen (secondary N) is 1. The van der Waals surface area contributed by atoms with Gasteiger partial charge in [-0.25, -0.2) is 0 Å². The van der Waals surface area contributed by atoms with Crippen LogP contribution in [0, 0.1) is 0 Å². The van der Waals surface area contributed by atoms with Crippen LogP contribution in [0.25, 0.3) is 0 Å². The van der Waals surface area contributed by atoms with E-state index >= 15 is 0 Å². The number of halogens is 1. The van der Waals surface area contributed by atoms with Crippen LogP contribution in [0.5, 0.6) is 5.75 Å². The lowest BCUT2D eigenvalue weighted by Crippen LogP contribution is -2.49. The van der Waals surface area contributed by atoms with E-state index in [9.17, 15) is 9.90 Å². The molecule has 1 fully saturated rings. The fourth-order valence-electron chi connectivity index (χ4n) is 2.60. The highest BCUT2D eigenvalue weighted by atomic mass is 35.5. The van der Waals surface area contributed by atoms with Gasteiger partial charge in [-0.05, 0) is 44.0 Å². The van der Waals surface area contributed by atoms with Gasteiger partial charge < -0.3 is 15.3 Å². The molecule has 0 radical (unpaired) electrons. The minimum Gasteiger partial charge on any atom is -0.506 e. The first kappa shape index (κ1) is 15.1. The summed E-state index contributed by atoms with van der Waals surface area (Å²) >= 11 is 5.89. The van der Waals surface area contributed by atoms with E-state index in [0.29, 0.717) is 5.56 Å². The van der Waals surface area contributed by atoms with E-state index in [0.717, 1.165) is 38.9 Å². The van der Waals surface area contributed by atoms with E-state index < -0.39 is 0 Å². The van der Waals surface area contributed by atoms with E-state index in [1.54, 1.807) is 6.07 Å². The Morgan fingerprint density at radius 2 is 2.35 bits per heavy atom. The van der Waals surface area contributed by atoms with E-state index in [1.165, 1.54) is 12.1 Å². The van der Waals surface area contributed by atoms with Gasteiger partial charge in [0.25, 0.3) is 5.91 Å². The number of carbonyl (C=O) groups is 1. The Bertz CT molecular complexity index is 473. The van der Waals surface area contributed by atoms with Gasteiger partial charge in [0.05, 0.1) is 5.02 Å². The van der Waals surface area contributed by atoms with Gasteiger partial charge in [0.1, 0.15) is 5.75 Å². The molecule has 1 unspecified atom stereocenters. The minimum absolute atomic E-state index is 0.00425. The molecule has 110 valence electrons. The van der Waals surface area contributed by atoms with Crippen molar-refractivity contribution >= 4 is 17.5 Å². The van der Waals surface area contributed by atoms with Crippen LogP contribution in [0.1, 0.15) is 36.5 Å². The number of hydrogen-bond donors (Lipinski definition) is 2. The van der Waals surface area contributed by atoms with E-state index in [2.05, 4.69) is 12.2 Å². The van der Waals surface area contributed by atoms with Gasteiger partial charge in [0, 0.05) is 24.7 Å². The van der Waals surface area contributed by atoms with E-state index in [4.69, 9.17) is 11.6 Å². The highest BCUT2D eigenvalue weighted by molar-refractivity contribution is 6.32. The topological polar surface area (TPSA) is 52.6 Å². The molecule has 20 heavy (non-hydrogen) atoms. The first-order valence-electron chi connectivity index (χ1n) is 7.13. The van der Waals surface area contributed by atoms with Gasteiger partial charge in [-0.15, -0.1) is 0 Å². The van der Waals surface area contributed by atoms with Crippen LogP contribution in [-0.2, 0) is 0 Å². The number of carbonyl (C=O) groups excluding carboxylic acids is 1. The maximum absolute atomic E-state index is 12.7. The molecule has 0 spiro atoms. The third-order valence-corrected chi connectivity index (χ3v) is 3.93. The van der Waals surface area contributed by atoms with Crippen molar-refractivity contribution in [2.75, 3.05) is 19.6 Å². The van der Waals surface area contributed by atoms with Crippen molar-refractivity contribution in [1.29, 1.82) is 0 Å². The molecule has 0 bridgehead atoms. The molecule has 1 aromatic rings. The molecule has 0 aromatic heterocycles. The average Bonchev–Trinajstić information content (AvgIpc) is 2.48. The summed E-state index contributed by atoms with van der Waals surface area (Å²) in [7, 11) is 0. The van der Waals surface area contributed by atoms with Crippen molar-refractivity contribution in [2.45, 2.75) is 32.2 Å². The largest absolute Gasteiger partial charge is 0.506 e. The zero-order chi connectivity index (χ0) is 14.5. The molecule has 1 aliphatic heterocycles. The number of amides is 1. The number of aromatic hydroxyl groups is 1. The Kier molecular flexibility index (Phi) is 5.26. The summed E-state index contributed by atoms with van der Waals surface area (Å²) in [6, 6.07) is 4.88. The fourth-order valence-corrected chi connectivity index (χ4v) is 2.78. The second-order valence-electron chi connectivity index (χ2n) is 5.16. The van der Waals surface area contributed by atoms with Gasteiger partial charge in [0.15, 0.2) is 0 Å². The lowest BCUT2D eigenvalue weighted by Gasteiger charge is -2.34. The molecule has 0 aliphatic carbocycles. The zero-order valence-corrected chi connectivity index (χ0v) is 12.5. The third-order valence-electron chi connectivity index (χ3n) is 3.63. The predicted octanol–water partition coefficient (Wildman–Crippen LogP) is 2.65. The van der Waals surface area contributed by atoms with Crippen molar-refractivity contribution in [1.82, 2.24) is 10.2 Å². The summed E-state index contributed by atoms with van der Waals surface area (Å²) in [6.07, 6.45) is 3.05. The molecule has 2 rings (SSSR count). The molecule has 1 aromatic carbocycles. The van der Waals surface area contributed by atoms with Crippen LogP contribution in [0.2, 0.25) is 5.02 Å². The van der Waals surface area contributed by atoms with Crippen molar-refractivity contribution < 1.29 is 9.90 Å². The minimum atomic E-state index is -0.0116. The molecule has 1 aliphatic rings. The molecule has 1 saturated heterocycles. The quantitative estimate of drug-likeness (QED) is 0.898. The summed E-state index contributed by atoms with van der Waals surface area (Å²) in [4.78, 5) is 14.6. The highest BCUT2D eigenvalue weighted by Crippen LogP contribution is 2.25. The van der Waals surface area contributed by atoms with Crippen molar-refractivity contribution in [2.24, 2.45) is 0 Å². The summed E-state index contributed by atoms with van der Waals surface area (Å²) in [5, 5.41) is 13.0. The van der Waals surface area contributed by atoms with Crippen LogP contribution in [0.3, 0.4) is 0 Å². The van der Waals surface area contributed by atoms with Crippen LogP contribution in [0.4, 0.5) is 0 Å². The van der Waals surface area contributed by atoms with Gasteiger partial charge in [-0.2, -0.15) is 0 Å².